The number of hydrogen-bond donors (Lipinski definition) is 1. The average molecular weight is 266 g/mol. The molecule has 0 radical (unpaired) electrons. The molecule has 2 nitrogen and oxygen atoms in total. The lowest BCUT2D eigenvalue weighted by Gasteiger charge is -2.17. The van der Waals surface area contributed by atoms with E-state index in [-0.39, 0.29) is 11.1 Å². The minimum Gasteiger partial charge on any atom is -0.383 e. The molecule has 0 heterocycles. The predicted molar refractivity (Wildman–Crippen MR) is 64.7 cm³/mol. The minimum absolute atomic E-state index is 0.0740. The molecule has 1 unspecified atom stereocenters. The maximum absolute atomic E-state index is 13.3. The zero-order valence-corrected chi connectivity index (χ0v) is 10.7. The highest BCUT2D eigenvalue weighted by Gasteiger charge is 2.16. The quantitative estimate of drug-likeness (QED) is 0.651. The van der Waals surface area contributed by atoms with Crippen LogP contribution in [0.4, 0.5) is 4.39 Å². The molecule has 0 amide bonds. The Morgan fingerprint density at radius 1 is 1.44 bits per heavy atom. The molecule has 5 heteroatoms. The van der Waals surface area contributed by atoms with E-state index in [1.165, 1.54) is 12.1 Å². The van der Waals surface area contributed by atoms with Crippen molar-refractivity contribution in [2.24, 2.45) is 0 Å². The first-order valence-electron chi connectivity index (χ1n) is 4.93. The first-order chi connectivity index (χ1) is 7.57. The second kappa shape index (κ2) is 6.40. The van der Waals surface area contributed by atoms with Gasteiger partial charge in [-0.1, -0.05) is 23.2 Å². The summed E-state index contributed by atoms with van der Waals surface area (Å²) in [7, 11) is 1.62. The number of benzene rings is 1. The lowest BCUT2D eigenvalue weighted by atomic mass is 10.1. The lowest BCUT2D eigenvalue weighted by Crippen LogP contribution is -2.23. The summed E-state index contributed by atoms with van der Waals surface area (Å²) in [4.78, 5) is 0. The Bertz CT molecular complexity index is 360. The van der Waals surface area contributed by atoms with Gasteiger partial charge in [0.25, 0.3) is 0 Å². The van der Waals surface area contributed by atoms with Crippen molar-refractivity contribution < 1.29 is 9.13 Å². The van der Waals surface area contributed by atoms with Gasteiger partial charge in [0.05, 0.1) is 11.6 Å². The van der Waals surface area contributed by atoms with Crippen molar-refractivity contribution in [3.8, 4) is 0 Å². The van der Waals surface area contributed by atoms with Crippen molar-refractivity contribution in [3.63, 3.8) is 0 Å². The van der Waals surface area contributed by atoms with Gasteiger partial charge in [-0.05, 0) is 19.1 Å². The van der Waals surface area contributed by atoms with E-state index in [0.29, 0.717) is 23.7 Å². The number of ether oxygens (including phenoxy) is 1. The van der Waals surface area contributed by atoms with Gasteiger partial charge in [0, 0.05) is 30.3 Å². The van der Waals surface area contributed by atoms with E-state index < -0.39 is 5.82 Å². The van der Waals surface area contributed by atoms with Crippen LogP contribution in [0.25, 0.3) is 0 Å². The van der Waals surface area contributed by atoms with Crippen molar-refractivity contribution in [2.45, 2.75) is 13.0 Å². The van der Waals surface area contributed by atoms with Gasteiger partial charge < -0.3 is 10.1 Å². The SMILES string of the molecule is COCCNC(C)c1c(Cl)ccc(F)c1Cl. The van der Waals surface area contributed by atoms with Crippen LogP contribution in [0, 0.1) is 5.82 Å². The maximum atomic E-state index is 13.3. The molecule has 0 bridgehead atoms. The van der Waals surface area contributed by atoms with E-state index in [9.17, 15) is 4.39 Å². The summed E-state index contributed by atoms with van der Waals surface area (Å²) in [6.07, 6.45) is 0. The smallest absolute Gasteiger partial charge is 0.142 e. The number of methoxy groups -OCH3 is 1. The van der Waals surface area contributed by atoms with Crippen LogP contribution < -0.4 is 5.32 Å². The highest BCUT2D eigenvalue weighted by atomic mass is 35.5. The Kier molecular flexibility index (Phi) is 5.49. The van der Waals surface area contributed by atoms with E-state index in [1.807, 2.05) is 6.92 Å². The molecule has 1 atom stereocenters. The highest BCUT2D eigenvalue weighted by molar-refractivity contribution is 6.36. The summed E-state index contributed by atoms with van der Waals surface area (Å²) in [6, 6.07) is 2.65. The molecule has 0 spiro atoms. The number of nitrogens with one attached hydrogen (secondary N) is 1. The molecule has 1 aromatic rings. The fourth-order valence-electron chi connectivity index (χ4n) is 1.42. The fraction of sp³-hybridized carbons (Fsp3) is 0.455. The third-order valence-corrected chi connectivity index (χ3v) is 2.98. The Labute approximate surface area is 105 Å². The van der Waals surface area contributed by atoms with Gasteiger partial charge in [0.2, 0.25) is 0 Å². The van der Waals surface area contributed by atoms with Crippen LogP contribution in [-0.2, 0) is 4.74 Å². The summed E-state index contributed by atoms with van der Waals surface area (Å²) in [5.41, 5.74) is 0.583. The zero-order valence-electron chi connectivity index (χ0n) is 9.19. The number of halogens is 3. The molecule has 0 aliphatic carbocycles. The van der Waals surface area contributed by atoms with Crippen molar-refractivity contribution in [3.05, 3.63) is 33.6 Å². The average Bonchev–Trinajstić information content (AvgIpc) is 2.24. The van der Waals surface area contributed by atoms with Crippen molar-refractivity contribution in [2.75, 3.05) is 20.3 Å². The third-order valence-electron chi connectivity index (χ3n) is 2.27. The van der Waals surface area contributed by atoms with Gasteiger partial charge in [0.1, 0.15) is 5.82 Å². The Morgan fingerprint density at radius 3 is 2.75 bits per heavy atom. The van der Waals surface area contributed by atoms with Gasteiger partial charge >= 0.3 is 0 Å². The number of hydrogen-bond acceptors (Lipinski definition) is 2. The second-order valence-electron chi connectivity index (χ2n) is 3.43. The fourth-order valence-corrected chi connectivity index (χ4v) is 2.12. The molecule has 1 aromatic carbocycles. The van der Waals surface area contributed by atoms with Crippen molar-refractivity contribution >= 4 is 23.2 Å². The van der Waals surface area contributed by atoms with Crippen LogP contribution >= 0.6 is 23.2 Å². The van der Waals surface area contributed by atoms with E-state index in [2.05, 4.69) is 5.32 Å². The standard InChI is InChI=1S/C11H14Cl2FNO/c1-7(15-5-6-16-2)10-8(12)3-4-9(14)11(10)13/h3-4,7,15H,5-6H2,1-2H3. The summed E-state index contributed by atoms with van der Waals surface area (Å²) >= 11 is 11.9. The minimum atomic E-state index is -0.457. The highest BCUT2D eigenvalue weighted by Crippen LogP contribution is 2.32. The molecular weight excluding hydrogens is 252 g/mol. The molecule has 1 N–H and O–H groups in total. The third kappa shape index (κ3) is 3.32. The van der Waals surface area contributed by atoms with Crippen LogP contribution in [0.5, 0.6) is 0 Å². The summed E-state index contributed by atoms with van der Waals surface area (Å²) < 4.78 is 18.2. The molecule has 0 saturated heterocycles. The number of rotatable bonds is 5. The Hall–Kier alpha value is -0.350. The van der Waals surface area contributed by atoms with Gasteiger partial charge in [-0.2, -0.15) is 0 Å². The van der Waals surface area contributed by atoms with E-state index in [0.717, 1.165) is 0 Å². The van der Waals surface area contributed by atoms with Crippen LogP contribution in [0.15, 0.2) is 12.1 Å². The molecule has 0 fully saturated rings. The van der Waals surface area contributed by atoms with Crippen LogP contribution in [0.3, 0.4) is 0 Å². The van der Waals surface area contributed by atoms with Gasteiger partial charge in [-0.3, -0.25) is 0 Å². The zero-order chi connectivity index (χ0) is 12.1. The normalized spacial score (nSPS) is 12.8. The molecule has 1 rings (SSSR count). The van der Waals surface area contributed by atoms with Crippen molar-refractivity contribution in [1.82, 2.24) is 5.32 Å². The monoisotopic (exact) mass is 265 g/mol. The second-order valence-corrected chi connectivity index (χ2v) is 4.21. The molecule has 0 aromatic heterocycles. The van der Waals surface area contributed by atoms with E-state index in [4.69, 9.17) is 27.9 Å². The lowest BCUT2D eigenvalue weighted by molar-refractivity contribution is 0.196. The van der Waals surface area contributed by atoms with Gasteiger partial charge in [-0.15, -0.1) is 0 Å². The van der Waals surface area contributed by atoms with Crippen LogP contribution in [0.1, 0.15) is 18.5 Å². The summed E-state index contributed by atoms with van der Waals surface area (Å²) in [5, 5.41) is 3.68. The topological polar surface area (TPSA) is 21.3 Å². The molecule has 0 aliphatic heterocycles. The first-order valence-corrected chi connectivity index (χ1v) is 5.69. The van der Waals surface area contributed by atoms with Gasteiger partial charge in [-0.25, -0.2) is 4.39 Å². The maximum Gasteiger partial charge on any atom is 0.142 e. The summed E-state index contributed by atoms with van der Waals surface area (Å²) in [5.74, 6) is -0.457. The molecular formula is C11H14Cl2FNO. The van der Waals surface area contributed by atoms with Crippen LogP contribution in [-0.4, -0.2) is 20.3 Å². The largest absolute Gasteiger partial charge is 0.383 e. The molecule has 0 aliphatic rings. The molecule has 16 heavy (non-hydrogen) atoms. The van der Waals surface area contributed by atoms with Crippen LogP contribution in [0.2, 0.25) is 10.0 Å². The van der Waals surface area contributed by atoms with Gasteiger partial charge in [0.15, 0.2) is 0 Å². The first kappa shape index (κ1) is 13.7. The van der Waals surface area contributed by atoms with E-state index in [1.54, 1.807) is 7.11 Å². The van der Waals surface area contributed by atoms with Crippen molar-refractivity contribution in [1.29, 1.82) is 0 Å². The molecule has 90 valence electrons. The Morgan fingerprint density at radius 2 is 2.12 bits per heavy atom. The van der Waals surface area contributed by atoms with E-state index >= 15 is 0 Å². The molecule has 0 saturated carbocycles. The predicted octanol–water partition coefficient (Wildman–Crippen LogP) is 3.43. The summed E-state index contributed by atoms with van der Waals surface area (Å²) in [6.45, 7) is 3.11. The Balaban J connectivity index is 2.81.